The number of rotatable bonds is 1. The predicted octanol–water partition coefficient (Wildman–Crippen LogP) is 1.15. The molecular formula is C16H8ClLiO3S. The van der Waals surface area contributed by atoms with Gasteiger partial charge < -0.3 is 4.55 Å². The van der Waals surface area contributed by atoms with Crippen LogP contribution in [0.15, 0.2) is 53.4 Å². The van der Waals surface area contributed by atoms with Crippen molar-refractivity contribution in [2.45, 2.75) is 4.90 Å². The summed E-state index contributed by atoms with van der Waals surface area (Å²) in [5.41, 5.74) is 0. The Balaban J connectivity index is 0.00000144. The van der Waals surface area contributed by atoms with E-state index in [2.05, 4.69) is 0 Å². The van der Waals surface area contributed by atoms with Crippen molar-refractivity contribution in [1.29, 1.82) is 0 Å². The number of hydrogen-bond donors (Lipinski definition) is 0. The zero-order valence-electron chi connectivity index (χ0n) is 11.6. The first kappa shape index (κ1) is 15.6. The zero-order chi connectivity index (χ0) is 14.8. The van der Waals surface area contributed by atoms with Crippen LogP contribution in [0, 0.1) is 0 Å². The Bertz CT molecular complexity index is 1110. The second kappa shape index (κ2) is 5.12. The Hall–Kier alpha value is -1.28. The molecule has 4 aromatic rings. The van der Waals surface area contributed by atoms with Gasteiger partial charge in [-0.15, -0.1) is 0 Å². The van der Waals surface area contributed by atoms with Crippen LogP contribution in [0.4, 0.5) is 0 Å². The third-order valence-corrected chi connectivity index (χ3v) is 5.15. The Labute approximate surface area is 144 Å². The second-order valence-electron chi connectivity index (χ2n) is 5.00. The fourth-order valence-corrected chi connectivity index (χ4v) is 4.24. The van der Waals surface area contributed by atoms with E-state index < -0.39 is 10.1 Å². The van der Waals surface area contributed by atoms with Gasteiger partial charge in [0.25, 0.3) is 0 Å². The molecule has 0 atom stereocenters. The van der Waals surface area contributed by atoms with Crippen LogP contribution in [0.1, 0.15) is 0 Å². The van der Waals surface area contributed by atoms with Gasteiger partial charge in [0, 0.05) is 5.39 Å². The smallest absolute Gasteiger partial charge is 0.744 e. The Morgan fingerprint density at radius 2 is 1.45 bits per heavy atom. The van der Waals surface area contributed by atoms with Crippen LogP contribution in [-0.4, -0.2) is 13.0 Å². The van der Waals surface area contributed by atoms with Crippen molar-refractivity contribution in [2.75, 3.05) is 0 Å². The van der Waals surface area contributed by atoms with Crippen LogP contribution in [0.5, 0.6) is 0 Å². The third-order valence-electron chi connectivity index (χ3n) is 3.80. The fourth-order valence-electron chi connectivity index (χ4n) is 3.00. The van der Waals surface area contributed by atoms with E-state index in [1.807, 2.05) is 36.4 Å². The molecule has 6 heteroatoms. The molecule has 0 heterocycles. The quantitative estimate of drug-likeness (QED) is 0.300. The first-order chi connectivity index (χ1) is 9.97. The molecule has 0 amide bonds. The van der Waals surface area contributed by atoms with E-state index in [0.29, 0.717) is 5.39 Å². The maximum Gasteiger partial charge on any atom is 1.00 e. The van der Waals surface area contributed by atoms with Crippen molar-refractivity contribution in [1.82, 2.24) is 0 Å². The molecule has 4 aromatic carbocycles. The topological polar surface area (TPSA) is 57.2 Å². The molecule has 0 N–H and O–H groups in total. The summed E-state index contributed by atoms with van der Waals surface area (Å²) in [6.07, 6.45) is 0. The monoisotopic (exact) mass is 322 g/mol. The second-order valence-corrected chi connectivity index (χ2v) is 6.72. The molecular weight excluding hydrogens is 315 g/mol. The van der Waals surface area contributed by atoms with Gasteiger partial charge >= 0.3 is 18.9 Å². The van der Waals surface area contributed by atoms with Gasteiger partial charge in [0.2, 0.25) is 0 Å². The Kier molecular flexibility index (Phi) is 3.63. The summed E-state index contributed by atoms with van der Waals surface area (Å²) in [4.78, 5) is -0.338. The predicted molar refractivity (Wildman–Crippen MR) is 83.1 cm³/mol. The van der Waals surface area contributed by atoms with E-state index in [9.17, 15) is 13.0 Å². The molecule has 104 valence electrons. The normalized spacial score (nSPS) is 12.1. The van der Waals surface area contributed by atoms with Crippen molar-refractivity contribution in [2.24, 2.45) is 0 Å². The van der Waals surface area contributed by atoms with Crippen LogP contribution >= 0.6 is 11.6 Å². The molecule has 0 fully saturated rings. The molecule has 0 aliphatic carbocycles. The molecule has 0 aromatic heterocycles. The van der Waals surface area contributed by atoms with Gasteiger partial charge in [-0.3, -0.25) is 0 Å². The van der Waals surface area contributed by atoms with E-state index in [1.165, 1.54) is 0 Å². The molecule has 0 spiro atoms. The molecule has 0 radical (unpaired) electrons. The van der Waals surface area contributed by atoms with E-state index in [0.717, 1.165) is 26.9 Å². The van der Waals surface area contributed by atoms with Gasteiger partial charge in [0.05, 0.1) is 9.92 Å². The molecule has 3 nitrogen and oxygen atoms in total. The molecule has 0 bridgehead atoms. The summed E-state index contributed by atoms with van der Waals surface area (Å²) in [6, 6.07) is 14.7. The minimum absolute atomic E-state index is 0. The first-order valence-corrected chi connectivity index (χ1v) is 8.07. The van der Waals surface area contributed by atoms with Crippen molar-refractivity contribution < 1.29 is 31.8 Å². The summed E-state index contributed by atoms with van der Waals surface area (Å²) in [5, 5.41) is 4.90. The van der Waals surface area contributed by atoms with Gasteiger partial charge in [-0.25, -0.2) is 8.42 Å². The average molecular weight is 323 g/mol. The van der Waals surface area contributed by atoms with Crippen molar-refractivity contribution in [3.05, 3.63) is 53.6 Å². The minimum Gasteiger partial charge on any atom is -0.744 e. The molecule has 22 heavy (non-hydrogen) atoms. The van der Waals surface area contributed by atoms with Crippen LogP contribution < -0.4 is 18.9 Å². The van der Waals surface area contributed by atoms with Gasteiger partial charge in [-0.05, 0) is 33.0 Å². The van der Waals surface area contributed by atoms with Gasteiger partial charge in [0.1, 0.15) is 10.1 Å². The largest absolute Gasteiger partial charge is 1.00 e. The molecule has 0 saturated heterocycles. The van der Waals surface area contributed by atoms with Crippen LogP contribution in [0.2, 0.25) is 5.02 Å². The SMILES string of the molecule is O=S(=O)([O-])c1c(Cl)cc2ccc3cccc4ccc1c2c34.[Li+]. The number of halogens is 1. The summed E-state index contributed by atoms with van der Waals surface area (Å²) in [7, 11) is -4.64. The maximum atomic E-state index is 11.6. The minimum atomic E-state index is -4.64. The van der Waals surface area contributed by atoms with E-state index in [1.54, 1.807) is 12.1 Å². The van der Waals surface area contributed by atoms with Gasteiger partial charge in [-0.1, -0.05) is 54.1 Å². The van der Waals surface area contributed by atoms with Crippen LogP contribution in [-0.2, 0) is 10.1 Å². The fraction of sp³-hybridized carbons (Fsp3) is 0. The summed E-state index contributed by atoms with van der Waals surface area (Å²) in [5.74, 6) is 0. The van der Waals surface area contributed by atoms with Gasteiger partial charge in [0.15, 0.2) is 0 Å². The summed E-state index contributed by atoms with van der Waals surface area (Å²) >= 11 is 6.03. The third kappa shape index (κ3) is 2.11. The van der Waals surface area contributed by atoms with Crippen LogP contribution in [0.25, 0.3) is 32.3 Å². The van der Waals surface area contributed by atoms with E-state index in [-0.39, 0.29) is 28.8 Å². The number of benzene rings is 4. The van der Waals surface area contributed by atoms with Crippen molar-refractivity contribution in [3.63, 3.8) is 0 Å². The molecule has 0 unspecified atom stereocenters. The number of hydrogen-bond acceptors (Lipinski definition) is 3. The molecule has 0 aliphatic rings. The van der Waals surface area contributed by atoms with Crippen molar-refractivity contribution in [3.8, 4) is 0 Å². The molecule has 0 saturated carbocycles. The molecule has 0 aliphatic heterocycles. The van der Waals surface area contributed by atoms with Crippen LogP contribution in [0.3, 0.4) is 0 Å². The van der Waals surface area contributed by atoms with E-state index >= 15 is 0 Å². The average Bonchev–Trinajstić information content (AvgIpc) is 2.42. The van der Waals surface area contributed by atoms with Gasteiger partial charge in [-0.2, -0.15) is 0 Å². The maximum absolute atomic E-state index is 11.6. The zero-order valence-corrected chi connectivity index (χ0v) is 13.2. The first-order valence-electron chi connectivity index (χ1n) is 6.29. The Morgan fingerprint density at radius 3 is 2.09 bits per heavy atom. The van der Waals surface area contributed by atoms with E-state index in [4.69, 9.17) is 11.6 Å². The summed E-state index contributed by atoms with van der Waals surface area (Å²) < 4.78 is 34.7. The van der Waals surface area contributed by atoms with Crippen molar-refractivity contribution >= 4 is 54.0 Å². The Morgan fingerprint density at radius 1 is 0.864 bits per heavy atom. The summed E-state index contributed by atoms with van der Waals surface area (Å²) in [6.45, 7) is 0. The standard InChI is InChI=1S/C16H9ClO3S.Li/c17-13-8-11-5-4-9-2-1-3-10-6-7-12(15(11)14(9)10)16(13)21(18,19)20;/h1-8H,(H,18,19,20);/q;+1/p-1. The molecule has 4 rings (SSSR count).